The lowest BCUT2D eigenvalue weighted by Crippen LogP contribution is -2.20. The van der Waals surface area contributed by atoms with Crippen LogP contribution in [-0.4, -0.2) is 25.5 Å². The minimum atomic E-state index is -0.346. The van der Waals surface area contributed by atoms with Gasteiger partial charge >= 0.3 is 5.97 Å². The summed E-state index contributed by atoms with van der Waals surface area (Å²) >= 11 is 0. The second-order valence-corrected chi connectivity index (χ2v) is 1.50. The normalized spacial score (nSPS) is 11.1. The Morgan fingerprint density at radius 3 is 2.67 bits per heavy atom. The van der Waals surface area contributed by atoms with Crippen molar-refractivity contribution >= 4 is 11.8 Å². The number of hydrogen-bond donors (Lipinski definition) is 1. The Hall–Kier alpha value is -1.06. The van der Waals surface area contributed by atoms with Crippen LogP contribution in [0.15, 0.2) is 4.99 Å². The lowest BCUT2D eigenvalue weighted by atomic mass is 10.6. The molecule has 0 fully saturated rings. The average Bonchev–Trinajstić information content (AvgIpc) is 1.83. The molecule has 0 saturated heterocycles. The molecule has 0 aliphatic carbocycles. The molecule has 0 heterocycles. The van der Waals surface area contributed by atoms with Gasteiger partial charge in [-0.3, -0.25) is 9.79 Å². The highest BCUT2D eigenvalue weighted by atomic mass is 16.5. The maximum atomic E-state index is 10.1. The number of hydrogen-bond acceptors (Lipinski definition) is 3. The van der Waals surface area contributed by atoms with Crippen LogP contribution in [-0.2, 0) is 9.53 Å². The topological polar surface area (TPSA) is 64.7 Å². The Balaban J connectivity index is 3.39. The fraction of sp³-hybridized carbons (Fsp3) is 0.600. The third-order valence-corrected chi connectivity index (χ3v) is 0.711. The Morgan fingerprint density at radius 2 is 2.33 bits per heavy atom. The Bertz CT molecular complexity index is 131. The predicted molar refractivity (Wildman–Crippen MR) is 34.2 cm³/mol. The van der Waals surface area contributed by atoms with Gasteiger partial charge in [-0.05, 0) is 0 Å². The van der Waals surface area contributed by atoms with Crippen molar-refractivity contribution in [1.82, 2.24) is 0 Å². The SMILES string of the molecule is CN=C(N)COC(C)=O. The van der Waals surface area contributed by atoms with E-state index in [2.05, 4.69) is 9.73 Å². The summed E-state index contributed by atoms with van der Waals surface area (Å²) in [5.41, 5.74) is 5.19. The van der Waals surface area contributed by atoms with Gasteiger partial charge in [0, 0.05) is 14.0 Å². The van der Waals surface area contributed by atoms with Crippen molar-refractivity contribution < 1.29 is 9.53 Å². The van der Waals surface area contributed by atoms with Crippen molar-refractivity contribution in [3.05, 3.63) is 0 Å². The minimum absolute atomic E-state index is 0.0891. The highest BCUT2D eigenvalue weighted by Crippen LogP contribution is 1.74. The van der Waals surface area contributed by atoms with Crippen LogP contribution < -0.4 is 5.73 Å². The molecule has 0 aliphatic heterocycles. The molecule has 0 aromatic heterocycles. The van der Waals surface area contributed by atoms with Gasteiger partial charge in [0.15, 0.2) is 0 Å². The van der Waals surface area contributed by atoms with E-state index < -0.39 is 0 Å². The average molecular weight is 130 g/mol. The van der Waals surface area contributed by atoms with Crippen LogP contribution >= 0.6 is 0 Å². The van der Waals surface area contributed by atoms with Gasteiger partial charge in [-0.1, -0.05) is 0 Å². The van der Waals surface area contributed by atoms with Crippen LogP contribution in [0.5, 0.6) is 0 Å². The van der Waals surface area contributed by atoms with Crippen LogP contribution in [0.25, 0.3) is 0 Å². The van der Waals surface area contributed by atoms with Gasteiger partial charge < -0.3 is 10.5 Å². The largest absolute Gasteiger partial charge is 0.458 e. The van der Waals surface area contributed by atoms with Crippen LogP contribution in [0.3, 0.4) is 0 Å². The summed E-state index contributed by atoms with van der Waals surface area (Å²) in [6.07, 6.45) is 0. The molecular formula is C5H10N2O2. The van der Waals surface area contributed by atoms with Crippen molar-refractivity contribution in [2.45, 2.75) is 6.92 Å². The lowest BCUT2D eigenvalue weighted by Gasteiger charge is -1.97. The van der Waals surface area contributed by atoms with Gasteiger partial charge in [0.1, 0.15) is 12.4 Å². The zero-order valence-electron chi connectivity index (χ0n) is 5.55. The van der Waals surface area contributed by atoms with E-state index in [1.807, 2.05) is 0 Å². The van der Waals surface area contributed by atoms with Crippen LogP contribution in [0, 0.1) is 0 Å². The fourth-order valence-corrected chi connectivity index (χ4v) is 0.240. The molecule has 0 bridgehead atoms. The molecule has 0 aromatic rings. The molecule has 2 N–H and O–H groups in total. The molecule has 0 amide bonds. The summed E-state index contributed by atoms with van der Waals surface area (Å²) in [6, 6.07) is 0. The predicted octanol–water partition coefficient (Wildman–Crippen LogP) is -0.464. The third-order valence-electron chi connectivity index (χ3n) is 0.711. The van der Waals surface area contributed by atoms with Crippen molar-refractivity contribution in [1.29, 1.82) is 0 Å². The zero-order chi connectivity index (χ0) is 7.28. The molecule has 52 valence electrons. The van der Waals surface area contributed by atoms with E-state index in [4.69, 9.17) is 5.73 Å². The van der Waals surface area contributed by atoms with E-state index in [0.717, 1.165) is 0 Å². The fourth-order valence-electron chi connectivity index (χ4n) is 0.240. The quantitative estimate of drug-likeness (QED) is 0.312. The molecule has 0 unspecified atom stereocenters. The summed E-state index contributed by atoms with van der Waals surface area (Å²) in [5.74, 6) is -0.0215. The van der Waals surface area contributed by atoms with Crippen LogP contribution in [0.2, 0.25) is 0 Å². The molecule has 0 radical (unpaired) electrons. The highest BCUT2D eigenvalue weighted by Gasteiger charge is 1.93. The Labute approximate surface area is 53.7 Å². The lowest BCUT2D eigenvalue weighted by molar-refractivity contribution is -0.139. The van der Waals surface area contributed by atoms with E-state index in [9.17, 15) is 4.79 Å². The maximum Gasteiger partial charge on any atom is 0.303 e. The molecule has 9 heavy (non-hydrogen) atoms. The van der Waals surface area contributed by atoms with Crippen molar-refractivity contribution in [3.63, 3.8) is 0 Å². The molecule has 0 rings (SSSR count). The number of amidine groups is 1. The summed E-state index contributed by atoms with van der Waals surface area (Å²) in [4.78, 5) is 13.7. The monoisotopic (exact) mass is 130 g/mol. The molecule has 0 aromatic carbocycles. The first-order chi connectivity index (χ1) is 4.16. The van der Waals surface area contributed by atoms with E-state index in [-0.39, 0.29) is 12.6 Å². The number of carbonyl (C=O) groups excluding carboxylic acids is 1. The van der Waals surface area contributed by atoms with E-state index in [1.54, 1.807) is 7.05 Å². The Morgan fingerprint density at radius 1 is 1.78 bits per heavy atom. The zero-order valence-corrected chi connectivity index (χ0v) is 5.55. The summed E-state index contributed by atoms with van der Waals surface area (Å²) < 4.78 is 4.50. The Kier molecular flexibility index (Phi) is 3.43. The number of nitrogens with two attached hydrogens (primary N) is 1. The summed E-state index contributed by atoms with van der Waals surface area (Å²) in [6.45, 7) is 1.41. The van der Waals surface area contributed by atoms with E-state index in [0.29, 0.717) is 5.84 Å². The second-order valence-electron chi connectivity index (χ2n) is 1.50. The third kappa shape index (κ3) is 4.80. The first kappa shape index (κ1) is 7.94. The van der Waals surface area contributed by atoms with Gasteiger partial charge in [-0.15, -0.1) is 0 Å². The number of esters is 1. The first-order valence-corrected chi connectivity index (χ1v) is 2.51. The summed E-state index contributed by atoms with van der Waals surface area (Å²) in [5, 5.41) is 0. The molecular weight excluding hydrogens is 120 g/mol. The smallest absolute Gasteiger partial charge is 0.303 e. The van der Waals surface area contributed by atoms with Crippen LogP contribution in [0.1, 0.15) is 6.92 Å². The summed E-state index contributed by atoms with van der Waals surface area (Å²) in [7, 11) is 1.54. The molecule has 4 nitrogen and oxygen atoms in total. The standard InChI is InChI=1S/C5H10N2O2/c1-4(8)9-3-5(6)7-2/h3H2,1-2H3,(H2,6,7). The number of rotatable bonds is 2. The van der Waals surface area contributed by atoms with Crippen LogP contribution in [0.4, 0.5) is 0 Å². The number of ether oxygens (including phenoxy) is 1. The van der Waals surface area contributed by atoms with E-state index in [1.165, 1.54) is 6.92 Å². The van der Waals surface area contributed by atoms with Gasteiger partial charge in [-0.2, -0.15) is 0 Å². The molecule has 4 heteroatoms. The van der Waals surface area contributed by atoms with E-state index >= 15 is 0 Å². The molecule has 0 saturated carbocycles. The maximum absolute atomic E-state index is 10.1. The second kappa shape index (κ2) is 3.88. The minimum Gasteiger partial charge on any atom is -0.458 e. The number of aliphatic imine (C=N–C) groups is 1. The van der Waals surface area contributed by atoms with Gasteiger partial charge in [0.2, 0.25) is 0 Å². The molecule has 0 spiro atoms. The highest BCUT2D eigenvalue weighted by molar-refractivity contribution is 5.83. The van der Waals surface area contributed by atoms with Crippen molar-refractivity contribution in [3.8, 4) is 0 Å². The van der Waals surface area contributed by atoms with Gasteiger partial charge in [0.05, 0.1) is 0 Å². The van der Waals surface area contributed by atoms with Gasteiger partial charge in [-0.25, -0.2) is 0 Å². The van der Waals surface area contributed by atoms with Crippen molar-refractivity contribution in [2.75, 3.05) is 13.7 Å². The number of nitrogens with zero attached hydrogens (tertiary/aromatic N) is 1. The number of carbonyl (C=O) groups is 1. The molecule has 0 aliphatic rings. The molecule has 0 atom stereocenters. The van der Waals surface area contributed by atoms with Gasteiger partial charge in [0.25, 0.3) is 0 Å². The van der Waals surface area contributed by atoms with Crippen molar-refractivity contribution in [2.24, 2.45) is 10.7 Å². The first-order valence-electron chi connectivity index (χ1n) is 2.51.